The number of likely N-dealkylation sites (tertiary alicyclic amines) is 1. The van der Waals surface area contributed by atoms with E-state index < -0.39 is 0 Å². The Morgan fingerprint density at radius 3 is 2.71 bits per heavy atom. The van der Waals surface area contributed by atoms with Gasteiger partial charge in [0.2, 0.25) is 0 Å². The van der Waals surface area contributed by atoms with Crippen LogP contribution in [0.5, 0.6) is 0 Å². The van der Waals surface area contributed by atoms with Crippen molar-refractivity contribution >= 4 is 5.84 Å². The van der Waals surface area contributed by atoms with E-state index in [1.54, 1.807) is 0 Å². The molecular weight excluding hydrogens is 214 g/mol. The van der Waals surface area contributed by atoms with E-state index in [9.17, 15) is 0 Å². The van der Waals surface area contributed by atoms with Gasteiger partial charge in [0.25, 0.3) is 0 Å². The molecule has 0 bridgehead atoms. The second-order valence-electron chi connectivity index (χ2n) is 5.54. The van der Waals surface area contributed by atoms with Crippen molar-refractivity contribution < 1.29 is 5.21 Å². The van der Waals surface area contributed by atoms with Gasteiger partial charge in [-0.05, 0) is 37.6 Å². The van der Waals surface area contributed by atoms with Crippen molar-refractivity contribution in [3.63, 3.8) is 0 Å². The summed E-state index contributed by atoms with van der Waals surface area (Å²) in [7, 11) is 0. The number of hydrogen-bond donors (Lipinski definition) is 2. The van der Waals surface area contributed by atoms with Gasteiger partial charge in [0.1, 0.15) is 0 Å². The summed E-state index contributed by atoms with van der Waals surface area (Å²) in [5.74, 6) is 2.16. The third-order valence-electron chi connectivity index (χ3n) is 4.61. The maximum atomic E-state index is 8.84. The minimum absolute atomic E-state index is 0.128. The molecule has 3 N–H and O–H groups in total. The molecular formula is C13H25N3O. The van der Waals surface area contributed by atoms with E-state index >= 15 is 0 Å². The molecule has 17 heavy (non-hydrogen) atoms. The molecule has 0 spiro atoms. The average Bonchev–Trinajstić information content (AvgIpc) is 2.39. The fourth-order valence-corrected chi connectivity index (χ4v) is 3.63. The summed E-state index contributed by atoms with van der Waals surface area (Å²) >= 11 is 0. The molecule has 0 aromatic heterocycles. The normalized spacial score (nSPS) is 33.1. The highest BCUT2D eigenvalue weighted by molar-refractivity contribution is 5.85. The van der Waals surface area contributed by atoms with E-state index in [1.165, 1.54) is 32.1 Å². The lowest BCUT2D eigenvalue weighted by atomic mass is 9.75. The number of piperidine rings is 1. The Balaban J connectivity index is 1.98. The first-order valence-electron chi connectivity index (χ1n) is 6.97. The Kier molecular flexibility index (Phi) is 4.26. The number of hydrogen-bond acceptors (Lipinski definition) is 3. The van der Waals surface area contributed by atoms with Gasteiger partial charge >= 0.3 is 0 Å². The zero-order valence-electron chi connectivity index (χ0n) is 10.8. The van der Waals surface area contributed by atoms with Gasteiger partial charge in [-0.3, -0.25) is 4.90 Å². The molecule has 4 nitrogen and oxygen atoms in total. The number of oxime groups is 1. The lowest BCUT2D eigenvalue weighted by Gasteiger charge is -2.43. The molecule has 3 atom stereocenters. The molecule has 1 saturated heterocycles. The molecule has 0 radical (unpaired) electrons. The number of rotatable bonds is 3. The lowest BCUT2D eigenvalue weighted by Crippen LogP contribution is -2.51. The third-order valence-corrected chi connectivity index (χ3v) is 4.61. The number of fused-ring (bicyclic) bond motifs is 1. The molecule has 1 aliphatic heterocycles. The number of amidine groups is 1. The molecule has 1 heterocycles. The van der Waals surface area contributed by atoms with Crippen molar-refractivity contribution in [3.05, 3.63) is 0 Å². The van der Waals surface area contributed by atoms with Gasteiger partial charge in [0, 0.05) is 6.54 Å². The van der Waals surface area contributed by atoms with E-state index in [4.69, 9.17) is 10.9 Å². The van der Waals surface area contributed by atoms with Gasteiger partial charge in [-0.15, -0.1) is 0 Å². The summed E-state index contributed by atoms with van der Waals surface area (Å²) in [5, 5.41) is 12.0. The quantitative estimate of drug-likeness (QED) is 0.343. The van der Waals surface area contributed by atoms with Gasteiger partial charge in [-0.2, -0.15) is 0 Å². The van der Waals surface area contributed by atoms with Crippen LogP contribution in [0.15, 0.2) is 5.16 Å². The van der Waals surface area contributed by atoms with Gasteiger partial charge in [0.15, 0.2) is 5.84 Å². The minimum Gasteiger partial charge on any atom is -0.409 e. The second kappa shape index (κ2) is 5.71. The molecule has 2 aliphatic rings. The van der Waals surface area contributed by atoms with Crippen molar-refractivity contribution in [2.45, 2.75) is 51.5 Å². The summed E-state index contributed by atoms with van der Waals surface area (Å²) in [4.78, 5) is 2.42. The fourth-order valence-electron chi connectivity index (χ4n) is 3.63. The molecule has 4 heteroatoms. The predicted octanol–water partition coefficient (Wildman–Crippen LogP) is 2.02. The highest BCUT2D eigenvalue weighted by Crippen LogP contribution is 2.36. The standard InChI is InChI=1S/C13H25N3O/c1-2-12(13(14)15-17)16-8-7-10-5-3-4-6-11(10)9-16/h10-12,17H,2-9H2,1H3,(H2,14,15). The summed E-state index contributed by atoms with van der Waals surface area (Å²) in [5.41, 5.74) is 5.78. The van der Waals surface area contributed by atoms with Gasteiger partial charge in [0.05, 0.1) is 6.04 Å². The maximum Gasteiger partial charge on any atom is 0.156 e. The van der Waals surface area contributed by atoms with Crippen LogP contribution >= 0.6 is 0 Å². The molecule has 0 aromatic rings. The van der Waals surface area contributed by atoms with Gasteiger partial charge < -0.3 is 10.9 Å². The molecule has 98 valence electrons. The lowest BCUT2D eigenvalue weighted by molar-refractivity contribution is 0.0722. The largest absolute Gasteiger partial charge is 0.409 e. The zero-order valence-corrected chi connectivity index (χ0v) is 10.8. The van der Waals surface area contributed by atoms with Crippen molar-refractivity contribution in [2.24, 2.45) is 22.7 Å². The maximum absolute atomic E-state index is 8.84. The summed E-state index contributed by atoms with van der Waals surface area (Å²) in [6.07, 6.45) is 7.80. The highest BCUT2D eigenvalue weighted by Gasteiger charge is 2.34. The molecule has 0 amide bonds. The fraction of sp³-hybridized carbons (Fsp3) is 0.923. The van der Waals surface area contributed by atoms with E-state index in [0.29, 0.717) is 5.84 Å². The van der Waals surface area contributed by atoms with E-state index in [0.717, 1.165) is 31.3 Å². The Bertz CT molecular complexity index is 280. The Morgan fingerprint density at radius 2 is 2.06 bits per heavy atom. The van der Waals surface area contributed by atoms with E-state index in [1.807, 2.05) is 0 Å². The Hall–Kier alpha value is -0.770. The average molecular weight is 239 g/mol. The van der Waals surface area contributed by atoms with Crippen molar-refractivity contribution in [2.75, 3.05) is 13.1 Å². The Labute approximate surface area is 104 Å². The van der Waals surface area contributed by atoms with Crippen molar-refractivity contribution in [1.82, 2.24) is 4.90 Å². The topological polar surface area (TPSA) is 61.9 Å². The highest BCUT2D eigenvalue weighted by atomic mass is 16.4. The van der Waals surface area contributed by atoms with Crippen LogP contribution in [-0.4, -0.2) is 35.1 Å². The molecule has 3 unspecified atom stereocenters. The first-order chi connectivity index (χ1) is 8.26. The molecule has 2 rings (SSSR count). The predicted molar refractivity (Wildman–Crippen MR) is 69.1 cm³/mol. The van der Waals surface area contributed by atoms with Crippen molar-refractivity contribution in [1.29, 1.82) is 0 Å². The van der Waals surface area contributed by atoms with E-state index in [2.05, 4.69) is 17.0 Å². The minimum atomic E-state index is 0.128. The zero-order chi connectivity index (χ0) is 12.3. The second-order valence-corrected chi connectivity index (χ2v) is 5.54. The van der Waals surface area contributed by atoms with Gasteiger partial charge in [-0.1, -0.05) is 31.3 Å². The van der Waals surface area contributed by atoms with Crippen LogP contribution in [0.3, 0.4) is 0 Å². The summed E-state index contributed by atoms with van der Waals surface area (Å²) in [6, 6.07) is 0.128. The first kappa shape index (κ1) is 12.7. The van der Waals surface area contributed by atoms with Crippen LogP contribution in [0.4, 0.5) is 0 Å². The first-order valence-corrected chi connectivity index (χ1v) is 6.97. The molecule has 1 saturated carbocycles. The molecule has 2 fully saturated rings. The SMILES string of the molecule is CCC(C(N)=NO)N1CCC2CCCCC2C1. The van der Waals surface area contributed by atoms with Crippen LogP contribution in [-0.2, 0) is 0 Å². The van der Waals surface area contributed by atoms with Crippen LogP contribution < -0.4 is 5.73 Å². The number of nitrogens with two attached hydrogens (primary N) is 1. The van der Waals surface area contributed by atoms with Crippen LogP contribution in [0.2, 0.25) is 0 Å². The van der Waals surface area contributed by atoms with Crippen LogP contribution in [0.1, 0.15) is 45.4 Å². The van der Waals surface area contributed by atoms with Crippen molar-refractivity contribution in [3.8, 4) is 0 Å². The molecule has 0 aromatic carbocycles. The third kappa shape index (κ3) is 2.73. The summed E-state index contributed by atoms with van der Waals surface area (Å²) < 4.78 is 0. The van der Waals surface area contributed by atoms with Crippen LogP contribution in [0, 0.1) is 11.8 Å². The molecule has 1 aliphatic carbocycles. The number of nitrogens with zero attached hydrogens (tertiary/aromatic N) is 2. The van der Waals surface area contributed by atoms with Crippen LogP contribution in [0.25, 0.3) is 0 Å². The Morgan fingerprint density at radius 1 is 1.35 bits per heavy atom. The smallest absolute Gasteiger partial charge is 0.156 e. The summed E-state index contributed by atoms with van der Waals surface area (Å²) in [6.45, 7) is 4.35. The monoisotopic (exact) mass is 239 g/mol. The van der Waals surface area contributed by atoms with Gasteiger partial charge in [-0.25, -0.2) is 0 Å². The van der Waals surface area contributed by atoms with E-state index in [-0.39, 0.29) is 6.04 Å².